The van der Waals surface area contributed by atoms with Crippen LogP contribution in [0.4, 0.5) is 0 Å². The minimum Gasteiger partial charge on any atom is -0.491 e. The zero-order valence-corrected chi connectivity index (χ0v) is 11.4. The lowest BCUT2D eigenvalue weighted by Gasteiger charge is -2.13. The third kappa shape index (κ3) is 3.25. The zero-order valence-electron chi connectivity index (χ0n) is 11.4. The van der Waals surface area contributed by atoms with E-state index in [4.69, 9.17) is 4.74 Å². The second-order valence-electron chi connectivity index (χ2n) is 5.14. The summed E-state index contributed by atoms with van der Waals surface area (Å²) in [7, 11) is 0. The minimum absolute atomic E-state index is 0.177. The Balaban J connectivity index is 1.80. The molecule has 0 spiro atoms. The van der Waals surface area contributed by atoms with Crippen LogP contribution in [0.5, 0.6) is 5.75 Å². The molecule has 1 aromatic carbocycles. The van der Waals surface area contributed by atoms with Crippen molar-refractivity contribution in [2.75, 3.05) is 13.2 Å². The number of benzene rings is 1. The number of rotatable bonds is 5. The van der Waals surface area contributed by atoms with Gasteiger partial charge in [0.1, 0.15) is 12.4 Å². The number of hydrogen-bond acceptors (Lipinski definition) is 2. The van der Waals surface area contributed by atoms with Gasteiger partial charge in [-0.25, -0.2) is 0 Å². The highest BCUT2D eigenvalue weighted by molar-refractivity contribution is 5.80. The van der Waals surface area contributed by atoms with Crippen LogP contribution in [0, 0.1) is 26.7 Å². The molecule has 0 unspecified atom stereocenters. The second kappa shape index (κ2) is 5.42. The maximum atomic E-state index is 11.4. The van der Waals surface area contributed by atoms with E-state index >= 15 is 0 Å². The quantitative estimate of drug-likeness (QED) is 0.812. The van der Waals surface area contributed by atoms with Gasteiger partial charge in [-0.1, -0.05) is 17.7 Å². The molecule has 0 heterocycles. The van der Waals surface area contributed by atoms with Gasteiger partial charge >= 0.3 is 0 Å². The standard InChI is InChI=1S/C15H21NO2/c1-10-8-11(2)14(12(3)9-10)18-7-6-16-15(17)13-4-5-13/h8-9,13H,4-7H2,1-3H3,(H,16,17). The lowest BCUT2D eigenvalue weighted by molar-refractivity contribution is -0.122. The Morgan fingerprint density at radius 1 is 1.28 bits per heavy atom. The van der Waals surface area contributed by atoms with Gasteiger partial charge in [0, 0.05) is 5.92 Å². The monoisotopic (exact) mass is 247 g/mol. The number of carbonyl (C=O) groups excluding carboxylic acids is 1. The number of hydrogen-bond donors (Lipinski definition) is 1. The highest BCUT2D eigenvalue weighted by atomic mass is 16.5. The fourth-order valence-electron chi connectivity index (χ4n) is 2.21. The van der Waals surface area contributed by atoms with Crippen LogP contribution >= 0.6 is 0 Å². The molecule has 0 aromatic heterocycles. The van der Waals surface area contributed by atoms with Gasteiger partial charge in [0.2, 0.25) is 5.91 Å². The van der Waals surface area contributed by atoms with Gasteiger partial charge in [-0.2, -0.15) is 0 Å². The second-order valence-corrected chi connectivity index (χ2v) is 5.14. The fraction of sp³-hybridized carbons (Fsp3) is 0.533. The lowest BCUT2D eigenvalue weighted by atomic mass is 10.1. The average Bonchev–Trinajstić information content (AvgIpc) is 3.10. The highest BCUT2D eigenvalue weighted by Gasteiger charge is 2.29. The molecule has 0 aliphatic heterocycles. The summed E-state index contributed by atoms with van der Waals surface area (Å²) < 4.78 is 5.76. The topological polar surface area (TPSA) is 38.3 Å². The molecule has 1 saturated carbocycles. The van der Waals surface area contributed by atoms with Crippen molar-refractivity contribution >= 4 is 5.91 Å². The fourth-order valence-corrected chi connectivity index (χ4v) is 2.21. The van der Waals surface area contributed by atoms with Crippen molar-refractivity contribution in [3.63, 3.8) is 0 Å². The van der Waals surface area contributed by atoms with Crippen molar-refractivity contribution in [1.29, 1.82) is 0 Å². The van der Waals surface area contributed by atoms with Crippen molar-refractivity contribution in [2.24, 2.45) is 5.92 Å². The van der Waals surface area contributed by atoms with Gasteiger partial charge in [0.15, 0.2) is 0 Å². The smallest absolute Gasteiger partial charge is 0.223 e. The summed E-state index contributed by atoms with van der Waals surface area (Å²) in [5, 5.41) is 2.90. The van der Waals surface area contributed by atoms with E-state index in [9.17, 15) is 4.79 Å². The number of ether oxygens (including phenoxy) is 1. The van der Waals surface area contributed by atoms with Crippen LogP contribution in [0.3, 0.4) is 0 Å². The Hall–Kier alpha value is -1.51. The SMILES string of the molecule is Cc1cc(C)c(OCCNC(=O)C2CC2)c(C)c1. The maximum Gasteiger partial charge on any atom is 0.223 e. The molecular weight excluding hydrogens is 226 g/mol. The number of nitrogens with one attached hydrogen (secondary N) is 1. The Bertz CT molecular complexity index is 427. The zero-order chi connectivity index (χ0) is 13.1. The number of aryl methyl sites for hydroxylation is 3. The summed E-state index contributed by atoms with van der Waals surface area (Å²) in [6, 6.07) is 4.23. The average molecular weight is 247 g/mol. The predicted octanol–water partition coefficient (Wildman–Crippen LogP) is 2.52. The Labute approximate surface area is 109 Å². The highest BCUT2D eigenvalue weighted by Crippen LogP contribution is 2.28. The van der Waals surface area contributed by atoms with Gasteiger partial charge in [0.05, 0.1) is 6.54 Å². The molecule has 98 valence electrons. The molecule has 0 bridgehead atoms. The van der Waals surface area contributed by atoms with Crippen LogP contribution in [0.15, 0.2) is 12.1 Å². The molecule has 1 N–H and O–H groups in total. The van der Waals surface area contributed by atoms with Crippen molar-refractivity contribution in [3.8, 4) is 5.75 Å². The first-order valence-electron chi connectivity index (χ1n) is 6.56. The van der Waals surface area contributed by atoms with Crippen LogP contribution < -0.4 is 10.1 Å². The van der Waals surface area contributed by atoms with Crippen LogP contribution in [-0.4, -0.2) is 19.1 Å². The van der Waals surface area contributed by atoms with Gasteiger partial charge in [0.25, 0.3) is 0 Å². The third-order valence-corrected chi connectivity index (χ3v) is 3.20. The van der Waals surface area contributed by atoms with Crippen molar-refractivity contribution in [3.05, 3.63) is 28.8 Å². The minimum atomic E-state index is 0.177. The van der Waals surface area contributed by atoms with Crippen molar-refractivity contribution in [1.82, 2.24) is 5.32 Å². The van der Waals surface area contributed by atoms with E-state index in [1.165, 1.54) is 5.56 Å². The van der Waals surface area contributed by atoms with Gasteiger partial charge in [-0.15, -0.1) is 0 Å². The van der Waals surface area contributed by atoms with E-state index in [1.54, 1.807) is 0 Å². The molecular formula is C15H21NO2. The molecule has 1 fully saturated rings. The number of carbonyl (C=O) groups is 1. The lowest BCUT2D eigenvalue weighted by Crippen LogP contribution is -2.29. The van der Waals surface area contributed by atoms with E-state index in [0.29, 0.717) is 13.2 Å². The van der Waals surface area contributed by atoms with Crippen LogP contribution in [-0.2, 0) is 4.79 Å². The summed E-state index contributed by atoms with van der Waals surface area (Å²) in [4.78, 5) is 11.4. The first-order chi connectivity index (χ1) is 8.58. The molecule has 1 aliphatic rings. The summed E-state index contributed by atoms with van der Waals surface area (Å²) in [6.45, 7) is 7.31. The van der Waals surface area contributed by atoms with Crippen LogP contribution in [0.2, 0.25) is 0 Å². The Kier molecular flexibility index (Phi) is 3.90. The summed E-state index contributed by atoms with van der Waals surface area (Å²) in [5.41, 5.74) is 3.56. The molecule has 1 aliphatic carbocycles. The summed E-state index contributed by atoms with van der Waals surface area (Å²) >= 11 is 0. The van der Waals surface area contributed by atoms with Crippen molar-refractivity contribution in [2.45, 2.75) is 33.6 Å². The number of amides is 1. The van der Waals surface area contributed by atoms with Gasteiger partial charge in [-0.05, 0) is 44.7 Å². The normalized spacial score (nSPS) is 14.4. The van der Waals surface area contributed by atoms with E-state index in [0.717, 1.165) is 29.7 Å². The van der Waals surface area contributed by atoms with Crippen LogP contribution in [0.25, 0.3) is 0 Å². The van der Waals surface area contributed by atoms with E-state index in [-0.39, 0.29) is 11.8 Å². The molecule has 2 rings (SSSR count). The Morgan fingerprint density at radius 2 is 1.89 bits per heavy atom. The summed E-state index contributed by atoms with van der Waals surface area (Å²) in [6.07, 6.45) is 2.09. The molecule has 1 amide bonds. The molecule has 3 heteroatoms. The van der Waals surface area contributed by atoms with E-state index in [1.807, 2.05) is 0 Å². The third-order valence-electron chi connectivity index (χ3n) is 3.20. The van der Waals surface area contributed by atoms with E-state index < -0.39 is 0 Å². The van der Waals surface area contributed by atoms with Gasteiger partial charge in [-0.3, -0.25) is 4.79 Å². The summed E-state index contributed by atoms with van der Waals surface area (Å²) in [5.74, 6) is 1.39. The first kappa shape index (κ1) is 12.9. The largest absolute Gasteiger partial charge is 0.491 e. The van der Waals surface area contributed by atoms with E-state index in [2.05, 4.69) is 38.2 Å². The molecule has 0 radical (unpaired) electrons. The molecule has 0 saturated heterocycles. The molecule has 3 nitrogen and oxygen atoms in total. The molecule has 0 atom stereocenters. The predicted molar refractivity (Wildman–Crippen MR) is 71.9 cm³/mol. The molecule has 1 aromatic rings. The molecule has 18 heavy (non-hydrogen) atoms. The van der Waals surface area contributed by atoms with Crippen LogP contribution in [0.1, 0.15) is 29.5 Å². The maximum absolute atomic E-state index is 11.4. The Morgan fingerprint density at radius 3 is 2.44 bits per heavy atom. The first-order valence-corrected chi connectivity index (χ1v) is 6.56. The van der Waals surface area contributed by atoms with Gasteiger partial charge < -0.3 is 10.1 Å². The van der Waals surface area contributed by atoms with Crippen molar-refractivity contribution < 1.29 is 9.53 Å².